The number of para-hydroxylation sites is 1. The van der Waals surface area contributed by atoms with Gasteiger partial charge in [0, 0.05) is 19.1 Å². The molecule has 0 bridgehead atoms. The number of halogens is 1. The van der Waals surface area contributed by atoms with Crippen LogP contribution in [0.4, 0.5) is 0 Å². The van der Waals surface area contributed by atoms with Crippen molar-refractivity contribution in [3.8, 4) is 5.69 Å². The van der Waals surface area contributed by atoms with Gasteiger partial charge in [-0.25, -0.2) is 9.67 Å². The van der Waals surface area contributed by atoms with Crippen LogP contribution in [0.15, 0.2) is 24.3 Å². The minimum Gasteiger partial charge on any atom is -0.332 e. The number of amides is 1. The molecular weight excluding hydrogens is 362 g/mol. The highest BCUT2D eigenvalue weighted by molar-refractivity contribution is 5.90. The Morgan fingerprint density at radius 1 is 1.33 bits per heavy atom. The van der Waals surface area contributed by atoms with Crippen LogP contribution in [0.3, 0.4) is 0 Å². The number of hydrogen-bond acceptors (Lipinski definition) is 4. The summed E-state index contributed by atoms with van der Waals surface area (Å²) >= 11 is 0. The van der Waals surface area contributed by atoms with Crippen LogP contribution >= 0.6 is 12.4 Å². The fourth-order valence-corrected chi connectivity index (χ4v) is 3.75. The van der Waals surface area contributed by atoms with Gasteiger partial charge in [0.1, 0.15) is 5.82 Å². The maximum Gasteiger partial charge on any atom is 0.293 e. The zero-order valence-electron chi connectivity index (χ0n) is 16.6. The molecule has 0 radical (unpaired) electrons. The maximum atomic E-state index is 13.0. The van der Waals surface area contributed by atoms with E-state index in [1.54, 1.807) is 4.68 Å². The van der Waals surface area contributed by atoms with E-state index in [0.29, 0.717) is 18.4 Å². The van der Waals surface area contributed by atoms with Crippen LogP contribution in [-0.2, 0) is 0 Å². The second kappa shape index (κ2) is 8.85. The SMILES string of the molecule is Cc1nc(C(=O)N2CCC(C)CC2CN)nn1-c1ccccc1C(C)C.Cl. The van der Waals surface area contributed by atoms with Gasteiger partial charge in [-0.15, -0.1) is 17.5 Å². The summed E-state index contributed by atoms with van der Waals surface area (Å²) < 4.78 is 1.78. The van der Waals surface area contributed by atoms with E-state index in [0.717, 1.165) is 30.9 Å². The van der Waals surface area contributed by atoms with Gasteiger partial charge in [0.05, 0.1) is 5.69 Å². The van der Waals surface area contributed by atoms with Crippen molar-refractivity contribution in [2.45, 2.75) is 52.5 Å². The van der Waals surface area contributed by atoms with Gasteiger partial charge in [-0.3, -0.25) is 4.79 Å². The lowest BCUT2D eigenvalue weighted by molar-refractivity contribution is 0.0561. The quantitative estimate of drug-likeness (QED) is 0.867. The number of aryl methyl sites for hydroxylation is 1. The van der Waals surface area contributed by atoms with E-state index in [1.807, 2.05) is 30.0 Å². The van der Waals surface area contributed by atoms with Crippen LogP contribution in [-0.4, -0.2) is 44.7 Å². The Bertz CT molecular complexity index is 788. The Morgan fingerprint density at radius 2 is 2.04 bits per heavy atom. The van der Waals surface area contributed by atoms with Gasteiger partial charge in [0.2, 0.25) is 5.82 Å². The summed E-state index contributed by atoms with van der Waals surface area (Å²) in [6.07, 6.45) is 1.94. The summed E-state index contributed by atoms with van der Waals surface area (Å²) in [5, 5.41) is 4.56. The van der Waals surface area contributed by atoms with Crippen LogP contribution in [0.2, 0.25) is 0 Å². The van der Waals surface area contributed by atoms with Crippen molar-refractivity contribution in [2.75, 3.05) is 13.1 Å². The molecule has 1 amide bonds. The smallest absolute Gasteiger partial charge is 0.293 e. The summed E-state index contributed by atoms with van der Waals surface area (Å²) in [5.74, 6) is 1.82. The Hall–Kier alpha value is -1.92. The highest BCUT2D eigenvalue weighted by atomic mass is 35.5. The molecule has 3 rings (SSSR count). The number of benzene rings is 1. The molecule has 2 unspecified atom stereocenters. The average molecular weight is 392 g/mol. The van der Waals surface area contributed by atoms with Gasteiger partial charge in [-0.05, 0) is 43.2 Å². The molecule has 0 saturated carbocycles. The first kappa shape index (κ1) is 21.4. The number of carbonyl (C=O) groups is 1. The lowest BCUT2D eigenvalue weighted by Crippen LogP contribution is -2.49. The standard InChI is InChI=1S/C20H29N5O.ClH/c1-13(2)17-7-5-6-8-18(17)25-15(4)22-19(23-25)20(26)24-10-9-14(3)11-16(24)12-21;/h5-8,13-14,16H,9-12,21H2,1-4H3;1H. The Kier molecular flexibility index (Phi) is 7.00. The van der Waals surface area contributed by atoms with Gasteiger partial charge >= 0.3 is 0 Å². The van der Waals surface area contributed by atoms with E-state index in [9.17, 15) is 4.79 Å². The molecule has 6 nitrogen and oxygen atoms in total. The number of nitrogens with zero attached hydrogens (tertiary/aromatic N) is 4. The first-order valence-corrected chi connectivity index (χ1v) is 9.46. The molecule has 2 atom stereocenters. The van der Waals surface area contributed by atoms with Crippen LogP contribution in [0.25, 0.3) is 5.69 Å². The van der Waals surface area contributed by atoms with E-state index in [-0.39, 0.29) is 30.2 Å². The Labute approximate surface area is 167 Å². The van der Waals surface area contributed by atoms with E-state index in [4.69, 9.17) is 5.73 Å². The normalized spacial score (nSPS) is 19.9. The monoisotopic (exact) mass is 391 g/mol. The molecule has 148 valence electrons. The predicted molar refractivity (Wildman–Crippen MR) is 110 cm³/mol. The molecule has 0 spiro atoms. The van der Waals surface area contributed by atoms with Gasteiger partial charge in [-0.1, -0.05) is 39.0 Å². The van der Waals surface area contributed by atoms with Crippen LogP contribution in [0.1, 0.15) is 61.5 Å². The number of hydrogen-bond donors (Lipinski definition) is 1. The molecule has 2 heterocycles. The van der Waals surface area contributed by atoms with Crippen LogP contribution < -0.4 is 5.73 Å². The van der Waals surface area contributed by atoms with E-state index >= 15 is 0 Å². The number of aromatic nitrogens is 3. The molecule has 1 aromatic heterocycles. The van der Waals surface area contributed by atoms with Gasteiger partial charge in [-0.2, -0.15) is 0 Å². The molecule has 1 aliphatic rings. The fourth-order valence-electron chi connectivity index (χ4n) is 3.75. The number of rotatable bonds is 4. The van der Waals surface area contributed by atoms with Crippen molar-refractivity contribution in [2.24, 2.45) is 11.7 Å². The zero-order chi connectivity index (χ0) is 18.8. The molecule has 2 N–H and O–H groups in total. The molecule has 1 aliphatic heterocycles. The van der Waals surface area contributed by atoms with E-state index < -0.39 is 0 Å². The van der Waals surface area contributed by atoms with Crippen molar-refractivity contribution in [3.63, 3.8) is 0 Å². The summed E-state index contributed by atoms with van der Waals surface area (Å²) in [6, 6.07) is 8.20. The summed E-state index contributed by atoms with van der Waals surface area (Å²) in [4.78, 5) is 19.3. The van der Waals surface area contributed by atoms with Gasteiger partial charge < -0.3 is 10.6 Å². The second-order valence-electron chi connectivity index (χ2n) is 7.63. The van der Waals surface area contributed by atoms with Crippen molar-refractivity contribution < 1.29 is 4.79 Å². The highest BCUT2D eigenvalue weighted by Gasteiger charge is 2.32. The van der Waals surface area contributed by atoms with Crippen molar-refractivity contribution in [1.29, 1.82) is 0 Å². The number of nitrogens with two attached hydrogens (primary N) is 1. The molecule has 27 heavy (non-hydrogen) atoms. The third-order valence-electron chi connectivity index (χ3n) is 5.26. The molecule has 1 saturated heterocycles. The number of piperidine rings is 1. The lowest BCUT2D eigenvalue weighted by Gasteiger charge is -2.37. The number of carbonyl (C=O) groups excluding carboxylic acids is 1. The second-order valence-corrected chi connectivity index (χ2v) is 7.63. The summed E-state index contributed by atoms with van der Waals surface area (Å²) in [5.41, 5.74) is 8.08. The predicted octanol–water partition coefficient (Wildman–Crippen LogP) is 3.32. The first-order chi connectivity index (χ1) is 12.4. The Balaban J connectivity index is 0.00000261. The molecule has 7 heteroatoms. The largest absolute Gasteiger partial charge is 0.332 e. The third kappa shape index (κ3) is 4.33. The minimum atomic E-state index is -0.115. The van der Waals surface area contributed by atoms with Crippen LogP contribution in [0.5, 0.6) is 0 Å². The number of likely N-dealkylation sites (tertiary alicyclic amines) is 1. The summed E-state index contributed by atoms with van der Waals surface area (Å²) in [7, 11) is 0. The van der Waals surface area contributed by atoms with Gasteiger partial charge in [0.15, 0.2) is 0 Å². The molecule has 1 aromatic carbocycles. The van der Waals surface area contributed by atoms with Crippen molar-refractivity contribution in [3.05, 3.63) is 41.5 Å². The maximum absolute atomic E-state index is 13.0. The average Bonchev–Trinajstić information content (AvgIpc) is 3.02. The lowest BCUT2D eigenvalue weighted by atomic mass is 9.92. The minimum absolute atomic E-state index is 0. The summed E-state index contributed by atoms with van der Waals surface area (Å²) in [6.45, 7) is 9.60. The Morgan fingerprint density at radius 3 is 2.70 bits per heavy atom. The molecule has 0 aliphatic carbocycles. The van der Waals surface area contributed by atoms with E-state index in [2.05, 4.69) is 36.9 Å². The van der Waals surface area contributed by atoms with Gasteiger partial charge in [0.25, 0.3) is 5.91 Å². The molecular formula is C20H30ClN5O. The fraction of sp³-hybridized carbons (Fsp3) is 0.550. The van der Waals surface area contributed by atoms with Crippen molar-refractivity contribution >= 4 is 18.3 Å². The topological polar surface area (TPSA) is 77.0 Å². The first-order valence-electron chi connectivity index (χ1n) is 9.46. The van der Waals surface area contributed by atoms with Crippen molar-refractivity contribution in [1.82, 2.24) is 19.7 Å². The van der Waals surface area contributed by atoms with E-state index in [1.165, 1.54) is 5.56 Å². The molecule has 2 aromatic rings. The zero-order valence-corrected chi connectivity index (χ0v) is 17.4. The van der Waals surface area contributed by atoms with Crippen LogP contribution in [0, 0.1) is 12.8 Å². The highest BCUT2D eigenvalue weighted by Crippen LogP contribution is 2.25. The third-order valence-corrected chi connectivity index (χ3v) is 5.26. The molecule has 1 fully saturated rings.